The molecule has 4 aromatic carbocycles. The molecular formula is C37H29FN8O3S2. The van der Waals surface area contributed by atoms with E-state index in [0.29, 0.717) is 39.1 Å². The van der Waals surface area contributed by atoms with Gasteiger partial charge in [-0.2, -0.15) is 15.0 Å². The average Bonchev–Trinajstić information content (AvgIpc) is 3.52. The molecular weight excluding hydrogens is 688 g/mol. The first kappa shape index (κ1) is 33.5. The first-order valence-corrected chi connectivity index (χ1v) is 17.6. The van der Waals surface area contributed by atoms with Gasteiger partial charge in [0.25, 0.3) is 0 Å². The van der Waals surface area contributed by atoms with Crippen LogP contribution in [0.15, 0.2) is 148 Å². The lowest BCUT2D eigenvalue weighted by Gasteiger charge is -2.10. The van der Waals surface area contributed by atoms with E-state index in [4.69, 9.17) is 9.57 Å². The number of nitrogens with one attached hydrogen (secondary N) is 2. The Morgan fingerprint density at radius 1 is 0.882 bits per heavy atom. The third-order valence-corrected chi connectivity index (χ3v) is 9.36. The number of hydrogen-bond acceptors (Lipinski definition) is 10. The molecule has 2 heterocycles. The minimum atomic E-state index is -1.56. The summed E-state index contributed by atoms with van der Waals surface area (Å²) in [5.74, 6) is 0.416. The Morgan fingerprint density at radius 3 is 2.53 bits per heavy atom. The highest BCUT2D eigenvalue weighted by molar-refractivity contribution is 7.99. The van der Waals surface area contributed by atoms with Crippen molar-refractivity contribution in [2.45, 2.75) is 21.5 Å². The first-order valence-electron chi connectivity index (χ1n) is 15.6. The summed E-state index contributed by atoms with van der Waals surface area (Å²) in [6.07, 6.45) is 14.1. The molecule has 14 heteroatoms. The van der Waals surface area contributed by atoms with Crippen LogP contribution in [-0.4, -0.2) is 41.4 Å². The highest BCUT2D eigenvalue weighted by Crippen LogP contribution is 2.29. The predicted octanol–water partition coefficient (Wildman–Crippen LogP) is 7.38. The van der Waals surface area contributed by atoms with E-state index in [1.807, 2.05) is 78.9 Å². The van der Waals surface area contributed by atoms with Gasteiger partial charge in [-0.05, 0) is 94.3 Å². The van der Waals surface area contributed by atoms with Gasteiger partial charge in [-0.1, -0.05) is 77.7 Å². The molecule has 51 heavy (non-hydrogen) atoms. The van der Waals surface area contributed by atoms with Crippen LogP contribution in [0.5, 0.6) is 11.8 Å². The Morgan fingerprint density at radius 2 is 1.71 bits per heavy atom. The van der Waals surface area contributed by atoms with Crippen molar-refractivity contribution in [3.63, 3.8) is 0 Å². The third-order valence-electron chi connectivity index (χ3n) is 7.40. The number of methoxy groups -OCH3 is 1. The first-order chi connectivity index (χ1) is 25.0. The Labute approximate surface area is 299 Å². The number of benzene rings is 4. The number of anilines is 2. The second kappa shape index (κ2) is 15.7. The van der Waals surface area contributed by atoms with Crippen molar-refractivity contribution in [2.75, 3.05) is 12.4 Å². The molecule has 7 rings (SSSR count). The zero-order valence-electron chi connectivity index (χ0n) is 27.0. The fourth-order valence-corrected chi connectivity index (χ4v) is 6.48. The minimum absolute atomic E-state index is 0.0991. The maximum Gasteiger partial charge on any atom is 0.351 e. The molecule has 0 saturated heterocycles. The van der Waals surface area contributed by atoms with E-state index >= 15 is 0 Å². The Balaban J connectivity index is 1.08. The van der Waals surface area contributed by atoms with Gasteiger partial charge in [0, 0.05) is 17.1 Å². The van der Waals surface area contributed by atoms with Gasteiger partial charge in [-0.15, -0.1) is 5.10 Å². The van der Waals surface area contributed by atoms with Crippen LogP contribution in [0.1, 0.15) is 11.1 Å². The number of hydrogen-bond donors (Lipinski definition) is 2. The molecule has 6 aromatic rings. The highest BCUT2D eigenvalue weighted by Gasteiger charge is 2.16. The van der Waals surface area contributed by atoms with Crippen LogP contribution in [0.4, 0.5) is 16.0 Å². The summed E-state index contributed by atoms with van der Waals surface area (Å²) in [6, 6.07) is 26.4. The van der Waals surface area contributed by atoms with Gasteiger partial charge in [0.1, 0.15) is 33.6 Å². The molecule has 1 aliphatic carbocycles. The minimum Gasteiger partial charge on any atom is -0.497 e. The molecule has 2 N–H and O–H groups in total. The normalized spacial score (nSPS) is 15.9. The summed E-state index contributed by atoms with van der Waals surface area (Å²) in [5, 5.41) is 11.6. The van der Waals surface area contributed by atoms with Crippen molar-refractivity contribution < 1.29 is 18.2 Å². The Bertz CT molecular complexity index is 2320. The molecule has 254 valence electrons. The maximum atomic E-state index is 13.9. The van der Waals surface area contributed by atoms with Crippen LogP contribution >= 0.6 is 11.8 Å². The van der Waals surface area contributed by atoms with E-state index in [0.717, 1.165) is 26.4 Å². The molecule has 0 amide bonds. The molecule has 11 nitrogen and oxygen atoms in total. The number of rotatable bonds is 12. The summed E-state index contributed by atoms with van der Waals surface area (Å²) in [7, 11) is 0.0387. The smallest absolute Gasteiger partial charge is 0.351 e. The quantitative estimate of drug-likeness (QED) is 0.132. The standard InChI is InChI=1S/C37H29FN8O3S2/c1-48-30-16-18-31(19-17-30)50-37-42-35(40-29-11-7-10-28(38)22-29)41-36(43-37)49-46-34-23-32(20-21-33(34)44-45-46)51(47)39-24-25-12-14-27(15-13-25)26-8-5-3-2-4-6-9-26/h2-23,39H,24H2,1H3,(H,40,41,42,43)/b3-2-,4-2?,5-3?,6-4-,8-5-,9-6?,26-8?,26-9+. The van der Waals surface area contributed by atoms with E-state index < -0.39 is 16.8 Å². The monoisotopic (exact) mass is 716 g/mol. The molecule has 0 radical (unpaired) electrons. The number of halogens is 1. The maximum absolute atomic E-state index is 13.9. The summed E-state index contributed by atoms with van der Waals surface area (Å²) in [6.45, 7) is 0.386. The van der Waals surface area contributed by atoms with Crippen molar-refractivity contribution in [1.82, 2.24) is 34.8 Å². The van der Waals surface area contributed by atoms with Crippen LogP contribution < -0.4 is 19.6 Å². The van der Waals surface area contributed by atoms with E-state index in [9.17, 15) is 8.60 Å². The zero-order valence-corrected chi connectivity index (χ0v) is 28.6. The van der Waals surface area contributed by atoms with Crippen LogP contribution in [0.2, 0.25) is 0 Å². The fourth-order valence-electron chi connectivity index (χ4n) is 4.87. The third kappa shape index (κ3) is 8.62. The number of ether oxygens (including phenoxy) is 1. The fraction of sp³-hybridized carbons (Fsp3) is 0.0541. The van der Waals surface area contributed by atoms with Crippen LogP contribution in [0.3, 0.4) is 0 Å². The van der Waals surface area contributed by atoms with E-state index in [1.165, 1.54) is 23.9 Å². The lowest BCUT2D eigenvalue weighted by atomic mass is 10.0. The molecule has 1 atom stereocenters. The summed E-state index contributed by atoms with van der Waals surface area (Å²) in [4.78, 5) is 21.8. The Hall–Kier alpha value is -5.96. The van der Waals surface area contributed by atoms with Gasteiger partial charge in [-0.3, -0.25) is 0 Å². The molecule has 0 bridgehead atoms. The van der Waals surface area contributed by atoms with Crippen molar-refractivity contribution in [3.05, 3.63) is 150 Å². The van der Waals surface area contributed by atoms with Crippen molar-refractivity contribution in [2.24, 2.45) is 0 Å². The average molecular weight is 717 g/mol. The van der Waals surface area contributed by atoms with Gasteiger partial charge in [0.2, 0.25) is 11.1 Å². The van der Waals surface area contributed by atoms with E-state index in [2.05, 4.69) is 47.5 Å². The predicted molar refractivity (Wildman–Crippen MR) is 195 cm³/mol. The molecule has 0 aliphatic heterocycles. The van der Waals surface area contributed by atoms with E-state index in [-0.39, 0.29) is 12.0 Å². The molecule has 0 fully saturated rings. The summed E-state index contributed by atoms with van der Waals surface area (Å²) in [5.41, 5.74) is 4.56. The summed E-state index contributed by atoms with van der Waals surface area (Å²) < 4.78 is 35.6. The molecule has 0 saturated carbocycles. The van der Waals surface area contributed by atoms with Crippen molar-refractivity contribution in [3.8, 4) is 11.8 Å². The van der Waals surface area contributed by atoms with Crippen molar-refractivity contribution in [1.29, 1.82) is 0 Å². The van der Waals surface area contributed by atoms with E-state index in [1.54, 1.807) is 37.4 Å². The highest BCUT2D eigenvalue weighted by atomic mass is 32.2. The second-order valence-electron chi connectivity index (χ2n) is 10.9. The lowest BCUT2D eigenvalue weighted by molar-refractivity contribution is 0.165. The largest absolute Gasteiger partial charge is 0.497 e. The number of nitrogens with zero attached hydrogens (tertiary/aromatic N) is 6. The molecule has 0 spiro atoms. The van der Waals surface area contributed by atoms with Crippen LogP contribution in [0.25, 0.3) is 16.6 Å². The number of allylic oxidation sites excluding steroid dienone is 8. The van der Waals surface area contributed by atoms with Gasteiger partial charge in [0.05, 0.1) is 12.0 Å². The zero-order chi connectivity index (χ0) is 35.0. The van der Waals surface area contributed by atoms with Crippen LogP contribution in [-0.2, 0) is 17.5 Å². The van der Waals surface area contributed by atoms with Gasteiger partial charge in [0.15, 0.2) is 0 Å². The van der Waals surface area contributed by atoms with Crippen molar-refractivity contribution >= 4 is 51.0 Å². The lowest BCUT2D eigenvalue weighted by Crippen LogP contribution is -2.17. The molecule has 2 aromatic heterocycles. The Kier molecular flexibility index (Phi) is 10.3. The molecule has 1 unspecified atom stereocenters. The number of fused-ring (bicyclic) bond motifs is 1. The van der Waals surface area contributed by atoms with Gasteiger partial charge in [-0.25, -0.2) is 13.3 Å². The van der Waals surface area contributed by atoms with Gasteiger partial charge >= 0.3 is 6.01 Å². The SMILES string of the molecule is COc1ccc(Sc2nc(Nc3cccc(F)c3)nc(On3nnc4ccc(S(=O)NCc5ccc(C6=C/C=C\C=C/C=C\6)cc5)cc43)n2)cc1. The molecule has 1 aliphatic rings. The number of aromatic nitrogens is 6. The van der Waals surface area contributed by atoms with Gasteiger partial charge < -0.3 is 14.9 Å². The second-order valence-corrected chi connectivity index (χ2v) is 13.2. The summed E-state index contributed by atoms with van der Waals surface area (Å²) >= 11 is 1.27. The van der Waals surface area contributed by atoms with Crippen LogP contribution in [0, 0.1) is 5.82 Å². The topological polar surface area (TPSA) is 129 Å².